The van der Waals surface area contributed by atoms with Crippen LogP contribution >= 0.6 is 0 Å². The van der Waals surface area contributed by atoms with Crippen LogP contribution < -0.4 is 5.32 Å². The summed E-state index contributed by atoms with van der Waals surface area (Å²) in [5, 5.41) is 16.6. The molecule has 3 aromatic heterocycles. The number of carbonyl (C=O) groups excluding carboxylic acids is 1. The molecule has 1 aliphatic carbocycles. The maximum absolute atomic E-state index is 12.3. The van der Waals surface area contributed by atoms with Crippen molar-refractivity contribution in [1.82, 2.24) is 29.5 Å². The second kappa shape index (κ2) is 7.55. The average Bonchev–Trinajstić information content (AvgIpc) is 3.46. The topological polar surface area (TPSA) is 76.6 Å². The summed E-state index contributed by atoms with van der Waals surface area (Å²) in [4.78, 5) is 12.3. The lowest BCUT2D eigenvalue weighted by molar-refractivity contribution is -0.121. The van der Waals surface area contributed by atoms with Crippen LogP contribution in [0, 0.1) is 13.8 Å². The van der Waals surface area contributed by atoms with E-state index in [1.54, 1.807) is 0 Å². The van der Waals surface area contributed by atoms with Crippen LogP contribution in [0.15, 0.2) is 36.7 Å². The van der Waals surface area contributed by atoms with Gasteiger partial charge in [0.1, 0.15) is 11.3 Å². The fourth-order valence-electron chi connectivity index (χ4n) is 4.37. The molecule has 0 saturated heterocycles. The molecule has 4 aromatic rings. The van der Waals surface area contributed by atoms with Crippen LogP contribution in [0.4, 0.5) is 0 Å². The predicted octanol–water partition coefficient (Wildman–Crippen LogP) is 3.65. The van der Waals surface area contributed by atoms with E-state index in [1.165, 1.54) is 24.0 Å². The lowest BCUT2D eigenvalue weighted by Crippen LogP contribution is -2.32. The van der Waals surface area contributed by atoms with Crippen LogP contribution in [0.2, 0.25) is 0 Å². The van der Waals surface area contributed by atoms with E-state index in [-0.39, 0.29) is 5.91 Å². The van der Waals surface area contributed by atoms with Gasteiger partial charge in [-0.15, -0.1) is 10.2 Å². The molecule has 1 aromatic carbocycles. The maximum Gasteiger partial charge on any atom is 0.220 e. The number of nitrogens with zero attached hydrogens (tertiary/aromatic N) is 5. The van der Waals surface area contributed by atoms with Crippen LogP contribution in [-0.2, 0) is 11.2 Å². The van der Waals surface area contributed by atoms with Gasteiger partial charge in [0, 0.05) is 36.8 Å². The molecule has 154 valence electrons. The summed E-state index contributed by atoms with van der Waals surface area (Å²) in [5.41, 5.74) is 6.11. The zero-order chi connectivity index (χ0) is 20.7. The lowest BCUT2D eigenvalue weighted by atomic mass is 10.0. The van der Waals surface area contributed by atoms with Crippen molar-refractivity contribution < 1.29 is 4.79 Å². The summed E-state index contributed by atoms with van der Waals surface area (Å²) in [5.74, 6) is 0.893. The molecule has 0 radical (unpaired) electrons. The summed E-state index contributed by atoms with van der Waals surface area (Å²) in [7, 11) is 0. The van der Waals surface area contributed by atoms with E-state index in [0.29, 0.717) is 18.9 Å². The summed E-state index contributed by atoms with van der Waals surface area (Å²) in [6.45, 7) is 4.19. The van der Waals surface area contributed by atoms with Gasteiger partial charge in [0.25, 0.3) is 0 Å². The number of aromatic nitrogens is 5. The monoisotopic (exact) mass is 402 g/mol. The number of nitrogens with one attached hydrogen (secondary N) is 1. The zero-order valence-electron chi connectivity index (χ0n) is 17.4. The van der Waals surface area contributed by atoms with Gasteiger partial charge in [0.05, 0.1) is 5.69 Å². The molecule has 30 heavy (non-hydrogen) atoms. The van der Waals surface area contributed by atoms with Crippen molar-refractivity contribution in [2.45, 2.75) is 58.4 Å². The van der Waals surface area contributed by atoms with Gasteiger partial charge in [-0.2, -0.15) is 5.10 Å². The molecule has 0 aliphatic heterocycles. The van der Waals surface area contributed by atoms with E-state index in [4.69, 9.17) is 5.10 Å². The molecule has 7 heteroatoms. The van der Waals surface area contributed by atoms with Crippen molar-refractivity contribution in [3.63, 3.8) is 0 Å². The van der Waals surface area contributed by atoms with Crippen molar-refractivity contribution in [2.75, 3.05) is 0 Å². The third kappa shape index (κ3) is 3.44. The van der Waals surface area contributed by atoms with Gasteiger partial charge in [0.15, 0.2) is 5.65 Å². The molecule has 1 aliphatic rings. The van der Waals surface area contributed by atoms with Gasteiger partial charge in [-0.05, 0) is 44.4 Å². The normalized spacial score (nSPS) is 14.7. The minimum absolute atomic E-state index is 0.0984. The molecular weight excluding hydrogens is 376 g/mol. The van der Waals surface area contributed by atoms with Crippen LogP contribution in [0.5, 0.6) is 0 Å². The van der Waals surface area contributed by atoms with E-state index < -0.39 is 0 Å². The van der Waals surface area contributed by atoms with Gasteiger partial charge < -0.3 is 5.32 Å². The summed E-state index contributed by atoms with van der Waals surface area (Å²) in [6, 6.07) is 8.80. The summed E-state index contributed by atoms with van der Waals surface area (Å²) in [6.07, 6.45) is 9.46. The Labute approximate surface area is 175 Å². The Balaban J connectivity index is 1.41. The Bertz CT molecular complexity index is 1230. The third-order valence-corrected chi connectivity index (χ3v) is 6.05. The van der Waals surface area contributed by atoms with Crippen molar-refractivity contribution in [3.8, 4) is 11.3 Å². The summed E-state index contributed by atoms with van der Waals surface area (Å²) < 4.78 is 3.81. The molecule has 0 spiro atoms. The summed E-state index contributed by atoms with van der Waals surface area (Å²) >= 11 is 0. The molecule has 7 nitrogen and oxygen atoms in total. The highest BCUT2D eigenvalue weighted by Crippen LogP contribution is 2.26. The molecule has 3 heterocycles. The zero-order valence-corrected chi connectivity index (χ0v) is 17.4. The van der Waals surface area contributed by atoms with Crippen molar-refractivity contribution in [2.24, 2.45) is 0 Å². The van der Waals surface area contributed by atoms with Gasteiger partial charge >= 0.3 is 0 Å². The SMILES string of the molecule is Cc1ccc(C)c(-c2cc3c4nnc(CCC(=O)NC5CCCC5)n4ccn3n2)c1. The quantitative estimate of drug-likeness (QED) is 0.553. The van der Waals surface area contributed by atoms with E-state index in [0.717, 1.165) is 41.1 Å². The van der Waals surface area contributed by atoms with Crippen LogP contribution in [0.3, 0.4) is 0 Å². The first-order valence-corrected chi connectivity index (χ1v) is 10.7. The van der Waals surface area contributed by atoms with Crippen molar-refractivity contribution in [1.29, 1.82) is 0 Å². The average molecular weight is 403 g/mol. The first-order chi connectivity index (χ1) is 14.6. The van der Waals surface area contributed by atoms with Crippen LogP contribution in [0.1, 0.15) is 49.1 Å². The number of rotatable bonds is 5. The maximum atomic E-state index is 12.3. The second-order valence-corrected chi connectivity index (χ2v) is 8.33. The number of fused-ring (bicyclic) bond motifs is 3. The molecule has 1 amide bonds. The Hall–Kier alpha value is -3.22. The van der Waals surface area contributed by atoms with Gasteiger partial charge in [0.2, 0.25) is 5.91 Å². The minimum atomic E-state index is 0.0984. The van der Waals surface area contributed by atoms with E-state index in [2.05, 4.69) is 53.6 Å². The van der Waals surface area contributed by atoms with E-state index in [9.17, 15) is 4.79 Å². The minimum Gasteiger partial charge on any atom is -0.353 e. The fraction of sp³-hybridized carbons (Fsp3) is 0.391. The van der Waals surface area contributed by atoms with E-state index >= 15 is 0 Å². The largest absolute Gasteiger partial charge is 0.353 e. The molecule has 1 N–H and O–H groups in total. The van der Waals surface area contributed by atoms with Crippen molar-refractivity contribution in [3.05, 3.63) is 53.6 Å². The highest BCUT2D eigenvalue weighted by Gasteiger charge is 2.18. The second-order valence-electron chi connectivity index (χ2n) is 8.33. The number of amides is 1. The molecule has 0 bridgehead atoms. The fourth-order valence-corrected chi connectivity index (χ4v) is 4.37. The Morgan fingerprint density at radius 3 is 2.80 bits per heavy atom. The van der Waals surface area contributed by atoms with Gasteiger partial charge in [-0.1, -0.05) is 30.5 Å². The number of hydrogen-bond donors (Lipinski definition) is 1. The smallest absolute Gasteiger partial charge is 0.220 e. The number of aryl methyl sites for hydroxylation is 3. The Morgan fingerprint density at radius 1 is 1.13 bits per heavy atom. The highest BCUT2D eigenvalue weighted by molar-refractivity contribution is 5.78. The Kier molecular flexibility index (Phi) is 4.73. The third-order valence-electron chi connectivity index (χ3n) is 6.05. The first kappa shape index (κ1) is 18.8. The number of hydrogen-bond acceptors (Lipinski definition) is 4. The Morgan fingerprint density at radius 2 is 1.97 bits per heavy atom. The highest BCUT2D eigenvalue weighted by atomic mass is 16.1. The predicted molar refractivity (Wildman–Crippen MR) is 115 cm³/mol. The standard InChI is InChI=1S/C23H26N6O/c1-15-7-8-16(2)18(13-15)19-14-20-23-26-25-21(28(23)11-12-29(20)27-19)9-10-22(30)24-17-5-3-4-6-17/h7-8,11-14,17H,3-6,9-10H2,1-2H3,(H,24,30). The molecule has 0 atom stereocenters. The molecular formula is C23H26N6O. The van der Waals surface area contributed by atoms with Gasteiger partial charge in [-0.25, -0.2) is 4.52 Å². The number of benzene rings is 1. The van der Waals surface area contributed by atoms with Gasteiger partial charge in [-0.3, -0.25) is 9.20 Å². The van der Waals surface area contributed by atoms with Crippen molar-refractivity contribution >= 4 is 17.1 Å². The molecule has 0 unspecified atom stereocenters. The lowest BCUT2D eigenvalue weighted by Gasteiger charge is -2.11. The molecule has 1 saturated carbocycles. The van der Waals surface area contributed by atoms with E-state index in [1.807, 2.05) is 21.3 Å². The van der Waals surface area contributed by atoms with Crippen LogP contribution in [0.25, 0.3) is 22.4 Å². The van der Waals surface area contributed by atoms with Crippen LogP contribution in [-0.4, -0.2) is 36.2 Å². The molecule has 5 rings (SSSR count). The molecule has 1 fully saturated rings. The first-order valence-electron chi connectivity index (χ1n) is 10.7. The number of carbonyl (C=O) groups is 1.